The summed E-state index contributed by atoms with van der Waals surface area (Å²) < 4.78 is 10.7. The van der Waals surface area contributed by atoms with Gasteiger partial charge in [-0.1, -0.05) is 25.1 Å². The number of carbonyl (C=O) groups is 2. The van der Waals surface area contributed by atoms with E-state index in [4.69, 9.17) is 14.6 Å². The number of methoxy groups -OCH3 is 1. The Balaban J connectivity index is 2.00. The SMILES string of the molecule is CC[C@H](C)N1C(=O)c2ccccc2N[C@H]1c1ccc(OCC(=O)O)c(OC)c1. The van der Waals surface area contributed by atoms with Crippen molar-refractivity contribution in [1.29, 1.82) is 0 Å². The molecule has 148 valence electrons. The number of amides is 1. The van der Waals surface area contributed by atoms with E-state index in [1.807, 2.05) is 49.1 Å². The molecule has 1 aliphatic rings. The van der Waals surface area contributed by atoms with Gasteiger partial charge in [0.1, 0.15) is 6.17 Å². The zero-order valence-electron chi connectivity index (χ0n) is 16.1. The quantitative estimate of drug-likeness (QED) is 0.759. The molecule has 2 atom stereocenters. The van der Waals surface area contributed by atoms with Crippen molar-refractivity contribution in [3.63, 3.8) is 0 Å². The maximum absolute atomic E-state index is 13.2. The lowest BCUT2D eigenvalue weighted by Gasteiger charge is -2.41. The highest BCUT2D eigenvalue weighted by Gasteiger charge is 2.35. The van der Waals surface area contributed by atoms with Gasteiger partial charge in [-0.05, 0) is 43.2 Å². The third-order valence-electron chi connectivity index (χ3n) is 4.88. The summed E-state index contributed by atoms with van der Waals surface area (Å²) in [5.41, 5.74) is 2.25. The first-order valence-electron chi connectivity index (χ1n) is 9.17. The largest absolute Gasteiger partial charge is 0.493 e. The molecule has 0 aromatic heterocycles. The van der Waals surface area contributed by atoms with Gasteiger partial charge in [0.05, 0.1) is 12.7 Å². The molecule has 1 heterocycles. The van der Waals surface area contributed by atoms with Crippen LogP contribution in [0.2, 0.25) is 0 Å². The topological polar surface area (TPSA) is 88.1 Å². The lowest BCUT2D eigenvalue weighted by molar-refractivity contribution is -0.139. The van der Waals surface area contributed by atoms with Crippen LogP contribution >= 0.6 is 0 Å². The van der Waals surface area contributed by atoms with Crippen molar-refractivity contribution in [3.8, 4) is 11.5 Å². The lowest BCUT2D eigenvalue weighted by Crippen LogP contribution is -2.47. The van der Waals surface area contributed by atoms with Crippen molar-refractivity contribution in [3.05, 3.63) is 53.6 Å². The number of aliphatic carboxylic acids is 1. The van der Waals surface area contributed by atoms with E-state index in [1.165, 1.54) is 7.11 Å². The number of carboxylic acids is 1. The average molecular weight is 384 g/mol. The second-order valence-electron chi connectivity index (χ2n) is 6.65. The third-order valence-corrected chi connectivity index (χ3v) is 4.88. The molecule has 0 saturated heterocycles. The number of hydrogen-bond acceptors (Lipinski definition) is 5. The third kappa shape index (κ3) is 3.74. The lowest BCUT2D eigenvalue weighted by atomic mass is 10.0. The Bertz CT molecular complexity index is 883. The van der Waals surface area contributed by atoms with Crippen molar-refractivity contribution in [1.82, 2.24) is 4.90 Å². The normalized spacial score (nSPS) is 16.8. The molecule has 0 radical (unpaired) electrons. The van der Waals surface area contributed by atoms with Gasteiger partial charge in [0.25, 0.3) is 5.91 Å². The van der Waals surface area contributed by atoms with Gasteiger partial charge >= 0.3 is 5.97 Å². The number of fused-ring (bicyclic) bond motifs is 1. The summed E-state index contributed by atoms with van der Waals surface area (Å²) in [7, 11) is 1.49. The first-order chi connectivity index (χ1) is 13.5. The average Bonchev–Trinajstić information content (AvgIpc) is 2.71. The fourth-order valence-electron chi connectivity index (χ4n) is 3.28. The molecule has 0 saturated carbocycles. The van der Waals surface area contributed by atoms with E-state index >= 15 is 0 Å². The highest BCUT2D eigenvalue weighted by Crippen LogP contribution is 2.38. The van der Waals surface area contributed by atoms with Crippen molar-refractivity contribution >= 4 is 17.6 Å². The summed E-state index contributed by atoms with van der Waals surface area (Å²) in [4.78, 5) is 25.8. The molecule has 2 aromatic rings. The molecule has 0 fully saturated rings. The summed E-state index contributed by atoms with van der Waals surface area (Å²) in [5.74, 6) is -0.341. The summed E-state index contributed by atoms with van der Waals surface area (Å²) in [6.45, 7) is 3.60. The monoisotopic (exact) mass is 384 g/mol. The summed E-state index contributed by atoms with van der Waals surface area (Å²) >= 11 is 0. The molecular formula is C21H24N2O5. The van der Waals surface area contributed by atoms with E-state index < -0.39 is 12.6 Å². The summed E-state index contributed by atoms with van der Waals surface area (Å²) in [6, 6.07) is 12.7. The second-order valence-corrected chi connectivity index (χ2v) is 6.65. The smallest absolute Gasteiger partial charge is 0.341 e. The fourth-order valence-corrected chi connectivity index (χ4v) is 3.28. The molecule has 2 aromatic carbocycles. The number of para-hydroxylation sites is 1. The minimum absolute atomic E-state index is 0.0206. The number of carbonyl (C=O) groups excluding carboxylic acids is 1. The summed E-state index contributed by atoms with van der Waals surface area (Å²) in [6.07, 6.45) is 0.433. The van der Waals surface area contributed by atoms with E-state index in [0.717, 1.165) is 17.7 Å². The molecule has 0 aliphatic carbocycles. The van der Waals surface area contributed by atoms with Crippen LogP contribution in [0.3, 0.4) is 0 Å². The molecular weight excluding hydrogens is 360 g/mol. The van der Waals surface area contributed by atoms with E-state index in [2.05, 4.69) is 5.32 Å². The van der Waals surface area contributed by atoms with Crippen molar-refractivity contribution in [2.45, 2.75) is 32.5 Å². The van der Waals surface area contributed by atoms with Gasteiger partial charge in [-0.3, -0.25) is 4.79 Å². The molecule has 7 nitrogen and oxygen atoms in total. The number of nitrogens with zero attached hydrogens (tertiary/aromatic N) is 1. The standard InChI is InChI=1S/C21H24N2O5/c1-4-13(2)23-20(22-16-8-6-5-7-15(16)21(23)26)14-9-10-17(18(11-14)27-3)28-12-19(24)25/h5-11,13,20,22H,4,12H2,1-3H3,(H,24,25)/t13-,20+/m0/s1. The molecule has 1 amide bonds. The summed E-state index contributed by atoms with van der Waals surface area (Å²) in [5, 5.41) is 12.3. The van der Waals surface area contributed by atoms with E-state index in [0.29, 0.717) is 17.1 Å². The Hall–Kier alpha value is -3.22. The van der Waals surface area contributed by atoms with Gasteiger partial charge in [-0.15, -0.1) is 0 Å². The Labute approximate surface area is 163 Å². The zero-order chi connectivity index (χ0) is 20.3. The molecule has 0 bridgehead atoms. The fraction of sp³-hybridized carbons (Fsp3) is 0.333. The number of anilines is 1. The van der Waals surface area contributed by atoms with Crippen LogP contribution in [0.5, 0.6) is 11.5 Å². The Morgan fingerprint density at radius 1 is 1.25 bits per heavy atom. The Morgan fingerprint density at radius 2 is 2.00 bits per heavy atom. The van der Waals surface area contributed by atoms with Crippen LogP contribution in [0, 0.1) is 0 Å². The number of nitrogens with one attached hydrogen (secondary N) is 1. The van der Waals surface area contributed by atoms with Gasteiger partial charge in [0.2, 0.25) is 0 Å². The maximum atomic E-state index is 13.2. The Kier molecular flexibility index (Phi) is 5.73. The second kappa shape index (κ2) is 8.21. The van der Waals surface area contributed by atoms with Crippen molar-refractivity contribution < 1.29 is 24.2 Å². The molecule has 3 rings (SSSR count). The van der Waals surface area contributed by atoms with Crippen LogP contribution in [0.15, 0.2) is 42.5 Å². The minimum Gasteiger partial charge on any atom is -0.493 e. The zero-order valence-corrected chi connectivity index (χ0v) is 16.1. The predicted octanol–water partition coefficient (Wildman–Crippen LogP) is 3.52. The molecule has 0 spiro atoms. The molecule has 2 N–H and O–H groups in total. The highest BCUT2D eigenvalue weighted by atomic mass is 16.5. The molecule has 28 heavy (non-hydrogen) atoms. The van der Waals surface area contributed by atoms with Gasteiger partial charge in [-0.25, -0.2) is 4.79 Å². The van der Waals surface area contributed by atoms with Crippen molar-refractivity contribution in [2.75, 3.05) is 19.0 Å². The number of hydrogen-bond donors (Lipinski definition) is 2. The van der Waals surface area contributed by atoms with Crippen LogP contribution in [0.4, 0.5) is 5.69 Å². The maximum Gasteiger partial charge on any atom is 0.341 e. The predicted molar refractivity (Wildman–Crippen MR) is 105 cm³/mol. The number of rotatable bonds is 7. The van der Waals surface area contributed by atoms with E-state index in [9.17, 15) is 9.59 Å². The highest BCUT2D eigenvalue weighted by molar-refractivity contribution is 6.01. The van der Waals surface area contributed by atoms with E-state index in [1.54, 1.807) is 12.1 Å². The van der Waals surface area contributed by atoms with Gasteiger partial charge in [0, 0.05) is 11.7 Å². The van der Waals surface area contributed by atoms with Gasteiger partial charge in [-0.2, -0.15) is 0 Å². The van der Waals surface area contributed by atoms with Crippen LogP contribution in [0.1, 0.15) is 42.4 Å². The molecule has 1 aliphatic heterocycles. The van der Waals surface area contributed by atoms with E-state index in [-0.39, 0.29) is 18.1 Å². The van der Waals surface area contributed by atoms with Crippen LogP contribution in [-0.4, -0.2) is 41.6 Å². The Morgan fingerprint density at radius 3 is 2.68 bits per heavy atom. The number of benzene rings is 2. The molecule has 0 unspecified atom stereocenters. The van der Waals surface area contributed by atoms with Crippen LogP contribution in [-0.2, 0) is 4.79 Å². The van der Waals surface area contributed by atoms with Crippen LogP contribution in [0.25, 0.3) is 0 Å². The van der Waals surface area contributed by atoms with Crippen LogP contribution < -0.4 is 14.8 Å². The first-order valence-corrected chi connectivity index (χ1v) is 9.17. The van der Waals surface area contributed by atoms with Gasteiger partial charge in [0.15, 0.2) is 18.1 Å². The first kappa shape index (κ1) is 19.5. The van der Waals surface area contributed by atoms with Crippen molar-refractivity contribution in [2.24, 2.45) is 0 Å². The number of ether oxygens (including phenoxy) is 2. The minimum atomic E-state index is -1.06. The number of carboxylic acid groups (broad SMARTS) is 1. The van der Waals surface area contributed by atoms with Gasteiger partial charge < -0.3 is 24.8 Å². The molecule has 7 heteroatoms.